The molecule has 0 aromatic heterocycles. The van der Waals surface area contributed by atoms with Crippen LogP contribution in [0.1, 0.15) is 40.5 Å². The fourth-order valence-corrected chi connectivity index (χ4v) is 2.22. The minimum Gasteiger partial charge on any atom is -0.465 e. The van der Waals surface area contributed by atoms with Crippen LogP contribution in [0.3, 0.4) is 0 Å². The van der Waals surface area contributed by atoms with Crippen molar-refractivity contribution in [1.29, 1.82) is 0 Å². The van der Waals surface area contributed by atoms with E-state index in [-0.39, 0.29) is 11.1 Å². The standard InChI is InChI=1S/C11H22N2O2/c1-10(2,3)12-11(4)5-7-13(8-6-11)9(14)15/h12H,5-8H2,1-4H3,(H,14,15). The number of piperidine rings is 1. The van der Waals surface area contributed by atoms with Crippen LogP contribution in [0.4, 0.5) is 4.79 Å². The number of hydrogen-bond acceptors (Lipinski definition) is 2. The topological polar surface area (TPSA) is 52.6 Å². The summed E-state index contributed by atoms with van der Waals surface area (Å²) in [6.45, 7) is 9.87. The highest BCUT2D eigenvalue weighted by molar-refractivity contribution is 5.65. The van der Waals surface area contributed by atoms with Crippen LogP contribution < -0.4 is 5.32 Å². The van der Waals surface area contributed by atoms with Crippen molar-refractivity contribution in [1.82, 2.24) is 10.2 Å². The Morgan fingerprint density at radius 1 is 1.33 bits per heavy atom. The maximum Gasteiger partial charge on any atom is 0.407 e. The molecule has 15 heavy (non-hydrogen) atoms. The summed E-state index contributed by atoms with van der Waals surface area (Å²) in [6.07, 6.45) is 0.973. The van der Waals surface area contributed by atoms with E-state index in [2.05, 4.69) is 33.0 Å². The van der Waals surface area contributed by atoms with Gasteiger partial charge in [-0.1, -0.05) is 0 Å². The van der Waals surface area contributed by atoms with Crippen LogP contribution in [0.2, 0.25) is 0 Å². The van der Waals surface area contributed by atoms with Crippen LogP contribution >= 0.6 is 0 Å². The van der Waals surface area contributed by atoms with E-state index in [1.54, 1.807) is 0 Å². The van der Waals surface area contributed by atoms with Crippen molar-refractivity contribution in [3.05, 3.63) is 0 Å². The van der Waals surface area contributed by atoms with Crippen molar-refractivity contribution in [2.45, 2.75) is 51.6 Å². The van der Waals surface area contributed by atoms with Crippen molar-refractivity contribution in [3.63, 3.8) is 0 Å². The van der Waals surface area contributed by atoms with Crippen LogP contribution in [0.5, 0.6) is 0 Å². The lowest BCUT2D eigenvalue weighted by Crippen LogP contribution is -2.57. The summed E-state index contributed by atoms with van der Waals surface area (Å²) in [5.74, 6) is 0. The highest BCUT2D eigenvalue weighted by Gasteiger charge is 2.34. The summed E-state index contributed by atoms with van der Waals surface area (Å²) in [5, 5.41) is 12.4. The Kier molecular flexibility index (Phi) is 3.28. The van der Waals surface area contributed by atoms with Crippen molar-refractivity contribution < 1.29 is 9.90 Å². The van der Waals surface area contributed by atoms with E-state index in [0.29, 0.717) is 13.1 Å². The molecule has 0 radical (unpaired) electrons. The second-order valence-corrected chi connectivity index (χ2v) is 5.71. The van der Waals surface area contributed by atoms with Gasteiger partial charge in [-0.25, -0.2) is 4.79 Å². The van der Waals surface area contributed by atoms with Gasteiger partial charge in [-0.3, -0.25) is 0 Å². The fourth-order valence-electron chi connectivity index (χ4n) is 2.22. The van der Waals surface area contributed by atoms with Gasteiger partial charge in [0.1, 0.15) is 0 Å². The Morgan fingerprint density at radius 2 is 1.80 bits per heavy atom. The first-order chi connectivity index (χ1) is 6.72. The highest BCUT2D eigenvalue weighted by Crippen LogP contribution is 2.24. The molecule has 0 spiro atoms. The summed E-state index contributed by atoms with van der Waals surface area (Å²) >= 11 is 0. The number of nitrogens with zero attached hydrogens (tertiary/aromatic N) is 1. The van der Waals surface area contributed by atoms with Crippen molar-refractivity contribution in [3.8, 4) is 0 Å². The molecule has 1 amide bonds. The number of likely N-dealkylation sites (tertiary alicyclic amines) is 1. The molecule has 2 N–H and O–H groups in total. The average Bonchev–Trinajstić information content (AvgIpc) is 2.00. The third-order valence-corrected chi connectivity index (χ3v) is 2.81. The van der Waals surface area contributed by atoms with Gasteiger partial charge in [-0.15, -0.1) is 0 Å². The fraction of sp³-hybridized carbons (Fsp3) is 0.909. The van der Waals surface area contributed by atoms with Crippen LogP contribution in [-0.2, 0) is 0 Å². The minimum absolute atomic E-state index is 0.0736. The molecule has 1 aliphatic heterocycles. The SMILES string of the molecule is CC(C)(C)NC1(C)CCN(C(=O)O)CC1. The van der Waals surface area contributed by atoms with E-state index in [1.807, 2.05) is 0 Å². The van der Waals surface area contributed by atoms with E-state index >= 15 is 0 Å². The Hall–Kier alpha value is -0.770. The Bertz CT molecular complexity index is 237. The predicted molar refractivity (Wildman–Crippen MR) is 60.1 cm³/mol. The molecule has 0 bridgehead atoms. The molecular formula is C11H22N2O2. The normalized spacial score (nSPS) is 21.5. The molecule has 0 aliphatic carbocycles. The van der Waals surface area contributed by atoms with Crippen molar-refractivity contribution >= 4 is 6.09 Å². The van der Waals surface area contributed by atoms with E-state index in [4.69, 9.17) is 5.11 Å². The highest BCUT2D eigenvalue weighted by atomic mass is 16.4. The summed E-state index contributed by atoms with van der Waals surface area (Å²) in [4.78, 5) is 12.2. The second kappa shape index (κ2) is 4.00. The lowest BCUT2D eigenvalue weighted by molar-refractivity contribution is 0.102. The number of carbonyl (C=O) groups is 1. The van der Waals surface area contributed by atoms with Gasteiger partial charge in [0.15, 0.2) is 0 Å². The van der Waals surface area contributed by atoms with Crippen LogP contribution in [0.25, 0.3) is 0 Å². The first-order valence-corrected chi connectivity index (χ1v) is 5.49. The van der Waals surface area contributed by atoms with Crippen LogP contribution in [-0.4, -0.2) is 40.3 Å². The van der Waals surface area contributed by atoms with Gasteiger partial charge in [-0.05, 0) is 40.5 Å². The molecule has 4 heteroatoms. The zero-order chi connectivity index (χ0) is 11.7. The number of nitrogens with one attached hydrogen (secondary N) is 1. The quantitative estimate of drug-likeness (QED) is 0.701. The van der Waals surface area contributed by atoms with E-state index in [9.17, 15) is 4.79 Å². The van der Waals surface area contributed by atoms with Crippen LogP contribution in [0.15, 0.2) is 0 Å². The number of amides is 1. The smallest absolute Gasteiger partial charge is 0.407 e. The maximum atomic E-state index is 10.8. The maximum absolute atomic E-state index is 10.8. The van der Waals surface area contributed by atoms with Crippen molar-refractivity contribution in [2.75, 3.05) is 13.1 Å². The van der Waals surface area contributed by atoms with Gasteiger partial charge < -0.3 is 15.3 Å². The Balaban J connectivity index is 2.51. The van der Waals surface area contributed by atoms with Gasteiger partial charge in [0.25, 0.3) is 0 Å². The lowest BCUT2D eigenvalue weighted by Gasteiger charge is -2.43. The first-order valence-electron chi connectivity index (χ1n) is 5.49. The molecule has 1 rings (SSSR count). The largest absolute Gasteiger partial charge is 0.465 e. The van der Waals surface area contributed by atoms with Gasteiger partial charge in [0, 0.05) is 24.2 Å². The third-order valence-electron chi connectivity index (χ3n) is 2.81. The van der Waals surface area contributed by atoms with E-state index < -0.39 is 6.09 Å². The predicted octanol–water partition coefficient (Wildman–Crippen LogP) is 1.91. The zero-order valence-corrected chi connectivity index (χ0v) is 10.1. The van der Waals surface area contributed by atoms with Gasteiger partial charge in [-0.2, -0.15) is 0 Å². The molecule has 0 saturated carbocycles. The minimum atomic E-state index is -0.798. The molecule has 4 nitrogen and oxygen atoms in total. The van der Waals surface area contributed by atoms with Crippen LogP contribution in [0, 0.1) is 0 Å². The summed E-state index contributed by atoms with van der Waals surface area (Å²) in [5.41, 5.74) is 0.157. The Morgan fingerprint density at radius 3 is 2.13 bits per heavy atom. The summed E-state index contributed by atoms with van der Waals surface area (Å²) in [7, 11) is 0. The third kappa shape index (κ3) is 3.70. The number of rotatable bonds is 1. The monoisotopic (exact) mass is 214 g/mol. The summed E-state index contributed by atoms with van der Waals surface area (Å²) in [6, 6.07) is 0. The molecule has 0 atom stereocenters. The molecule has 1 saturated heterocycles. The number of carboxylic acid groups (broad SMARTS) is 1. The molecule has 0 unspecified atom stereocenters. The van der Waals surface area contributed by atoms with Gasteiger partial charge in [0.05, 0.1) is 0 Å². The van der Waals surface area contributed by atoms with E-state index in [0.717, 1.165) is 12.8 Å². The average molecular weight is 214 g/mol. The molecule has 0 aromatic carbocycles. The second-order valence-electron chi connectivity index (χ2n) is 5.71. The van der Waals surface area contributed by atoms with Gasteiger partial charge >= 0.3 is 6.09 Å². The molecule has 1 fully saturated rings. The molecule has 88 valence electrons. The van der Waals surface area contributed by atoms with Gasteiger partial charge in [0.2, 0.25) is 0 Å². The number of hydrogen-bond donors (Lipinski definition) is 2. The lowest BCUT2D eigenvalue weighted by atomic mass is 9.87. The molecular weight excluding hydrogens is 192 g/mol. The molecule has 1 aliphatic rings. The van der Waals surface area contributed by atoms with Crippen molar-refractivity contribution in [2.24, 2.45) is 0 Å². The Labute approximate surface area is 91.6 Å². The molecule has 0 aromatic rings. The van der Waals surface area contributed by atoms with E-state index in [1.165, 1.54) is 4.90 Å². The zero-order valence-electron chi connectivity index (χ0n) is 10.1. The summed E-state index contributed by atoms with van der Waals surface area (Å²) < 4.78 is 0. The first kappa shape index (κ1) is 12.3. The molecule has 1 heterocycles.